The molecule has 3 rings (SSSR count). The minimum Gasteiger partial charge on any atom is -0.507 e. The molecule has 7 heteroatoms. The molecule has 0 radical (unpaired) electrons. The Kier molecular flexibility index (Phi) is 8.95. The number of anilines is 2. The lowest BCUT2D eigenvalue weighted by atomic mass is 9.98. The van der Waals surface area contributed by atoms with Crippen LogP contribution in [-0.4, -0.2) is 30.6 Å². The van der Waals surface area contributed by atoms with Crippen molar-refractivity contribution in [3.05, 3.63) is 76.9 Å². The molecule has 0 fully saturated rings. The monoisotopic (exact) mass is 491 g/mol. The van der Waals surface area contributed by atoms with Crippen molar-refractivity contribution in [2.24, 2.45) is 5.92 Å². The summed E-state index contributed by atoms with van der Waals surface area (Å²) in [5, 5.41) is 13.8. The van der Waals surface area contributed by atoms with E-state index in [2.05, 4.69) is 5.32 Å². The maximum Gasteiger partial charge on any atom is 0.341 e. The molecule has 0 heterocycles. The van der Waals surface area contributed by atoms with Gasteiger partial charge in [-0.1, -0.05) is 26.0 Å². The van der Waals surface area contributed by atoms with Crippen molar-refractivity contribution < 1.29 is 28.9 Å². The number of phenolic OH excluding ortho intramolecular Hbond substituents is 1. The lowest BCUT2D eigenvalue weighted by Crippen LogP contribution is -2.07. The van der Waals surface area contributed by atoms with Crippen molar-refractivity contribution in [2.75, 3.05) is 19.0 Å². The molecule has 0 aliphatic rings. The Hall–Kier alpha value is -4.00. The standard InChI is InChI=1S/C29H33NO6/c1-6-35-29(33)24-16-22(10-12-27(24)34-5)30-21-9-7-8-20(15-21)17-36-26-13-11-23(28(32)19(26)4)25(31)14-18(2)3/h7-13,15-16,18,30,32H,6,14,17H2,1-5H3. The topological polar surface area (TPSA) is 94.1 Å². The lowest BCUT2D eigenvalue weighted by Gasteiger charge is -2.15. The van der Waals surface area contributed by atoms with Crippen LogP contribution in [0.3, 0.4) is 0 Å². The highest BCUT2D eigenvalue weighted by Gasteiger charge is 2.17. The molecule has 3 aromatic rings. The molecule has 3 aromatic carbocycles. The van der Waals surface area contributed by atoms with Gasteiger partial charge in [0.15, 0.2) is 5.78 Å². The Balaban J connectivity index is 1.72. The highest BCUT2D eigenvalue weighted by Crippen LogP contribution is 2.32. The fourth-order valence-corrected chi connectivity index (χ4v) is 3.76. The molecule has 0 aliphatic carbocycles. The first kappa shape index (κ1) is 26.6. The predicted molar refractivity (Wildman–Crippen MR) is 140 cm³/mol. The van der Waals surface area contributed by atoms with Crippen LogP contribution in [0, 0.1) is 12.8 Å². The second kappa shape index (κ2) is 12.1. The number of carbonyl (C=O) groups excluding carboxylic acids is 2. The summed E-state index contributed by atoms with van der Waals surface area (Å²) in [6.07, 6.45) is 0.377. The van der Waals surface area contributed by atoms with Gasteiger partial charge in [0.1, 0.15) is 29.4 Å². The zero-order valence-corrected chi connectivity index (χ0v) is 21.4. The minimum atomic E-state index is -0.448. The number of Topliss-reactive ketones (excluding diaryl/α,β-unsaturated/α-hetero) is 1. The molecule has 0 bridgehead atoms. The first-order valence-corrected chi connectivity index (χ1v) is 11.9. The number of nitrogens with one attached hydrogen (secondary N) is 1. The number of hydrogen-bond acceptors (Lipinski definition) is 7. The van der Waals surface area contributed by atoms with Crippen molar-refractivity contribution in [1.82, 2.24) is 0 Å². The number of ketones is 1. The maximum atomic E-state index is 12.4. The number of rotatable bonds is 11. The Morgan fingerprint density at radius 2 is 1.69 bits per heavy atom. The summed E-state index contributed by atoms with van der Waals surface area (Å²) in [5.74, 6) is 0.600. The van der Waals surface area contributed by atoms with Gasteiger partial charge in [0.2, 0.25) is 0 Å². The fraction of sp³-hybridized carbons (Fsp3) is 0.310. The van der Waals surface area contributed by atoms with Crippen LogP contribution in [0.5, 0.6) is 17.2 Å². The van der Waals surface area contributed by atoms with E-state index in [1.165, 1.54) is 7.11 Å². The molecule has 36 heavy (non-hydrogen) atoms. The van der Waals surface area contributed by atoms with Crippen LogP contribution in [0.1, 0.15) is 59.0 Å². The van der Waals surface area contributed by atoms with E-state index in [1.54, 1.807) is 38.1 Å². The normalized spacial score (nSPS) is 10.7. The SMILES string of the molecule is CCOC(=O)c1cc(Nc2cccc(COc3ccc(C(=O)CC(C)C)c(O)c3C)c2)ccc1OC. The number of benzene rings is 3. The van der Waals surface area contributed by atoms with E-state index in [-0.39, 0.29) is 30.7 Å². The van der Waals surface area contributed by atoms with Crippen molar-refractivity contribution in [1.29, 1.82) is 0 Å². The number of esters is 1. The summed E-state index contributed by atoms with van der Waals surface area (Å²) in [6, 6.07) is 16.2. The van der Waals surface area contributed by atoms with Crippen molar-refractivity contribution in [3.63, 3.8) is 0 Å². The van der Waals surface area contributed by atoms with E-state index in [1.807, 2.05) is 44.2 Å². The maximum absolute atomic E-state index is 12.4. The molecule has 0 aliphatic heterocycles. The van der Waals surface area contributed by atoms with Gasteiger partial charge >= 0.3 is 5.97 Å². The number of carbonyl (C=O) groups is 2. The molecule has 0 unspecified atom stereocenters. The second-order valence-electron chi connectivity index (χ2n) is 8.86. The fourth-order valence-electron chi connectivity index (χ4n) is 3.76. The molecule has 0 aromatic heterocycles. The molecule has 0 saturated heterocycles. The molecule has 2 N–H and O–H groups in total. The summed E-state index contributed by atoms with van der Waals surface area (Å²) in [5.41, 5.74) is 3.61. The third kappa shape index (κ3) is 6.56. The Labute approximate surface area is 212 Å². The Morgan fingerprint density at radius 1 is 0.972 bits per heavy atom. The molecule has 0 saturated carbocycles. The van der Waals surface area contributed by atoms with Crippen LogP contribution in [-0.2, 0) is 11.3 Å². The summed E-state index contributed by atoms with van der Waals surface area (Å²) < 4.78 is 16.4. The average molecular weight is 492 g/mol. The third-order valence-electron chi connectivity index (χ3n) is 5.58. The van der Waals surface area contributed by atoms with Gasteiger partial charge in [-0.25, -0.2) is 4.79 Å². The van der Waals surface area contributed by atoms with Gasteiger partial charge in [-0.2, -0.15) is 0 Å². The van der Waals surface area contributed by atoms with Gasteiger partial charge in [-0.3, -0.25) is 4.79 Å². The minimum absolute atomic E-state index is 0.0366. The Bertz CT molecular complexity index is 1230. The molecular formula is C29H33NO6. The van der Waals surface area contributed by atoms with Crippen LogP contribution in [0.2, 0.25) is 0 Å². The number of phenols is 1. The van der Waals surface area contributed by atoms with Crippen molar-refractivity contribution in [2.45, 2.75) is 40.7 Å². The summed E-state index contributed by atoms with van der Waals surface area (Å²) >= 11 is 0. The van der Waals surface area contributed by atoms with Gasteiger partial charge in [-0.05, 0) is 67.8 Å². The third-order valence-corrected chi connectivity index (χ3v) is 5.58. The van der Waals surface area contributed by atoms with E-state index < -0.39 is 5.97 Å². The molecule has 0 atom stereocenters. The van der Waals surface area contributed by atoms with E-state index >= 15 is 0 Å². The number of methoxy groups -OCH3 is 1. The first-order valence-electron chi connectivity index (χ1n) is 11.9. The lowest BCUT2D eigenvalue weighted by molar-refractivity contribution is 0.0522. The van der Waals surface area contributed by atoms with Crippen molar-refractivity contribution in [3.8, 4) is 17.2 Å². The largest absolute Gasteiger partial charge is 0.507 e. The Morgan fingerprint density at radius 3 is 2.39 bits per heavy atom. The van der Waals surface area contributed by atoms with Crippen LogP contribution >= 0.6 is 0 Å². The number of hydrogen-bond donors (Lipinski definition) is 2. The highest BCUT2D eigenvalue weighted by molar-refractivity contribution is 5.99. The van der Waals surface area contributed by atoms with Gasteiger partial charge in [-0.15, -0.1) is 0 Å². The predicted octanol–water partition coefficient (Wildman–Crippen LogP) is 6.44. The number of ether oxygens (including phenoxy) is 3. The van der Waals surface area contributed by atoms with E-state index in [0.717, 1.165) is 11.3 Å². The quantitative estimate of drug-likeness (QED) is 0.235. The van der Waals surface area contributed by atoms with Gasteiger partial charge in [0.25, 0.3) is 0 Å². The van der Waals surface area contributed by atoms with Crippen molar-refractivity contribution >= 4 is 23.1 Å². The van der Waals surface area contributed by atoms with Gasteiger partial charge in [0, 0.05) is 23.4 Å². The van der Waals surface area contributed by atoms with Crippen LogP contribution < -0.4 is 14.8 Å². The van der Waals surface area contributed by atoms with Gasteiger partial charge < -0.3 is 24.6 Å². The molecule has 0 amide bonds. The first-order chi connectivity index (χ1) is 17.2. The van der Waals surface area contributed by atoms with Crippen LogP contribution in [0.4, 0.5) is 11.4 Å². The molecule has 190 valence electrons. The van der Waals surface area contributed by atoms with E-state index in [9.17, 15) is 14.7 Å². The zero-order chi connectivity index (χ0) is 26.2. The van der Waals surface area contributed by atoms with E-state index in [4.69, 9.17) is 14.2 Å². The molecule has 0 spiro atoms. The number of aromatic hydroxyl groups is 1. The summed E-state index contributed by atoms with van der Waals surface area (Å²) in [4.78, 5) is 24.7. The summed E-state index contributed by atoms with van der Waals surface area (Å²) in [6.45, 7) is 7.97. The van der Waals surface area contributed by atoms with E-state index in [0.29, 0.717) is 40.3 Å². The smallest absolute Gasteiger partial charge is 0.341 e. The van der Waals surface area contributed by atoms with Crippen LogP contribution in [0.25, 0.3) is 0 Å². The average Bonchev–Trinajstić information content (AvgIpc) is 2.85. The zero-order valence-electron chi connectivity index (χ0n) is 21.4. The van der Waals surface area contributed by atoms with Gasteiger partial charge in [0.05, 0.1) is 19.3 Å². The van der Waals surface area contributed by atoms with Crippen LogP contribution in [0.15, 0.2) is 54.6 Å². The highest BCUT2D eigenvalue weighted by atomic mass is 16.5. The molecule has 7 nitrogen and oxygen atoms in total. The summed E-state index contributed by atoms with van der Waals surface area (Å²) in [7, 11) is 1.51. The second-order valence-corrected chi connectivity index (χ2v) is 8.86. The molecular weight excluding hydrogens is 458 g/mol.